The van der Waals surface area contributed by atoms with Crippen molar-refractivity contribution in [3.8, 4) is 22.8 Å². The average molecular weight is 1630 g/mol. The monoisotopic (exact) mass is 1630 g/mol. The van der Waals surface area contributed by atoms with Crippen LogP contribution in [0.5, 0.6) is 5.75 Å². The molecule has 10 aromatic rings. The standard InChI is InChI=1S/C31H34FN3O3S.C29H25FN4O4S.C29H30FN3O4S/c1-30(2)14-12-25(13-15-30)39(37,38)26-11-6-22-17-28-21(20-34-35(28)24-9-7-23(32)8-10-24)18-31(22,19-26)29(36)27-5-3-4-16-33-27;1-38-23-10-12-25(32-18-23)28(35)29-15-19-17-33-34(22-8-6-21(30)7-9-22)26(19)14-20(29)5-11-24(16-29)39(36,37)27-4-2-3-13-31-27;1-19-8-11-31-26(14-19)28(34)29-16-20-18-32-33(23-5-3-22(30)4-6-23)27(20)15-21(29)2-7-25(17-29)38(35,36)24-9-12-37-13-10-24/h3-5,7-10,16-17,20,25-26H,6,11-15,18-19H2,1-2H3;2-4,6-10,12-14,17-18,24H,5,11,15-16H2,1H3;3-6,8,11,14-15,18,24-25H,2,7,9-10,12-13,16-17H2,1H3/t26-,31-;24-,29-;25-,29-/m000/s1. The molecule has 0 unspecified atom stereocenters. The van der Waals surface area contributed by atoms with E-state index in [1.165, 1.54) is 62.0 Å². The van der Waals surface area contributed by atoms with E-state index in [1.807, 2.05) is 31.2 Å². The van der Waals surface area contributed by atoms with E-state index >= 15 is 0 Å². The van der Waals surface area contributed by atoms with Crippen LogP contribution in [0.3, 0.4) is 0 Å². The second kappa shape index (κ2) is 31.5. The van der Waals surface area contributed by atoms with Crippen LogP contribution in [0.1, 0.15) is 181 Å². The van der Waals surface area contributed by atoms with Gasteiger partial charge >= 0.3 is 0 Å². The summed E-state index contributed by atoms with van der Waals surface area (Å²) in [6, 6.07) is 35.3. The van der Waals surface area contributed by atoms with E-state index in [2.05, 4.69) is 49.1 Å². The predicted molar refractivity (Wildman–Crippen MR) is 432 cm³/mol. The molecule has 3 aromatic carbocycles. The molecule has 1 aliphatic heterocycles. The fraction of sp³-hybridized carbons (Fsp3) is 0.371. The molecule has 7 aromatic heterocycles. The van der Waals surface area contributed by atoms with Gasteiger partial charge in [0.15, 0.2) is 51.9 Å². The number of carbonyl (C=O) groups excluding carboxylic acids is 3. The van der Waals surface area contributed by atoms with Crippen molar-refractivity contribution in [2.45, 2.75) is 168 Å². The van der Waals surface area contributed by atoms with Gasteiger partial charge in [0.1, 0.15) is 40.3 Å². The second-order valence-corrected chi connectivity index (χ2v) is 40.0. The molecule has 0 N–H and O–H groups in total. The summed E-state index contributed by atoms with van der Waals surface area (Å²) in [5, 5.41) is 10.9. The summed E-state index contributed by atoms with van der Waals surface area (Å²) in [6.45, 7) is 7.23. The van der Waals surface area contributed by atoms with Gasteiger partial charge < -0.3 is 9.47 Å². The van der Waals surface area contributed by atoms with Gasteiger partial charge in [0, 0.05) is 31.8 Å². The van der Waals surface area contributed by atoms with Gasteiger partial charge in [-0.15, -0.1) is 0 Å². The lowest BCUT2D eigenvalue weighted by Gasteiger charge is -2.45. The molecule has 8 heterocycles. The molecule has 27 heteroatoms. The Morgan fingerprint density at radius 2 is 0.862 bits per heavy atom. The van der Waals surface area contributed by atoms with Crippen LogP contribution in [0.4, 0.5) is 13.2 Å². The summed E-state index contributed by atoms with van der Waals surface area (Å²) in [5.41, 5.74) is 8.84. The Kier molecular flexibility index (Phi) is 21.6. The number of aryl methyl sites for hydroxylation is 1. The van der Waals surface area contributed by atoms with Crippen LogP contribution in [-0.2, 0) is 53.5 Å². The number of halogens is 3. The summed E-state index contributed by atoms with van der Waals surface area (Å²) in [6.07, 6.45) is 25.8. The van der Waals surface area contributed by atoms with Crippen LogP contribution in [0, 0.1) is 46.0 Å². The van der Waals surface area contributed by atoms with E-state index in [0.717, 1.165) is 80.3 Å². The summed E-state index contributed by atoms with van der Waals surface area (Å²) >= 11 is 0. The van der Waals surface area contributed by atoms with Crippen molar-refractivity contribution in [2.24, 2.45) is 21.7 Å². The third-order valence-electron chi connectivity index (χ3n) is 25.3. The molecule has 1 saturated heterocycles. The van der Waals surface area contributed by atoms with Gasteiger partial charge in [-0.2, -0.15) is 15.3 Å². The number of nitrogens with zero attached hydrogens (tertiary/aromatic N) is 10. The number of aromatic nitrogens is 10. The summed E-state index contributed by atoms with van der Waals surface area (Å²) in [7, 11) is -9.13. The van der Waals surface area contributed by atoms with Crippen LogP contribution >= 0.6 is 0 Å². The summed E-state index contributed by atoms with van der Waals surface area (Å²) < 4.78 is 139. The average Bonchev–Trinajstić information content (AvgIpc) is 1.30. The molecule has 21 nitrogen and oxygen atoms in total. The van der Waals surface area contributed by atoms with E-state index in [9.17, 15) is 52.8 Å². The van der Waals surface area contributed by atoms with Crippen molar-refractivity contribution in [1.29, 1.82) is 0 Å². The molecule has 7 aliphatic carbocycles. The minimum atomic E-state index is -3.78. The maximum atomic E-state index is 14.3. The topological polar surface area (TPSA) is 277 Å². The lowest BCUT2D eigenvalue weighted by Crippen LogP contribution is -2.48. The molecular weight excluding hydrogens is 1540 g/mol. The van der Waals surface area contributed by atoms with Gasteiger partial charge in [-0.1, -0.05) is 42.7 Å². The molecule has 6 atom stereocenters. The number of allylic oxidation sites excluding steroid dienone is 3. The number of benzene rings is 3. The first-order valence-electron chi connectivity index (χ1n) is 39.5. The number of ether oxygens (including phenoxy) is 2. The first-order valence-corrected chi connectivity index (χ1v) is 44.2. The Morgan fingerprint density at radius 3 is 1.28 bits per heavy atom. The Labute approximate surface area is 672 Å². The fourth-order valence-electron chi connectivity index (χ4n) is 18.8. The van der Waals surface area contributed by atoms with E-state index < -0.39 is 66.8 Å². The zero-order chi connectivity index (χ0) is 81.1. The van der Waals surface area contributed by atoms with E-state index in [4.69, 9.17) is 9.47 Å². The van der Waals surface area contributed by atoms with Crippen molar-refractivity contribution in [3.63, 3.8) is 0 Å². The highest BCUT2D eigenvalue weighted by molar-refractivity contribution is 7.93. The molecule has 18 rings (SSSR count). The van der Waals surface area contributed by atoms with Gasteiger partial charge in [-0.25, -0.2) is 62.4 Å². The van der Waals surface area contributed by atoms with Crippen molar-refractivity contribution >= 4 is 65.1 Å². The normalized spacial score (nSPS) is 23.1. The zero-order valence-corrected chi connectivity index (χ0v) is 67.3. The Bertz CT molecular complexity index is 5880. The molecule has 8 aliphatic rings. The lowest BCUT2D eigenvalue weighted by molar-refractivity contribution is 0.0788. The highest BCUT2D eigenvalue weighted by Crippen LogP contribution is 2.56. The third kappa shape index (κ3) is 15.0. The van der Waals surface area contributed by atoms with Crippen molar-refractivity contribution < 1.29 is 62.3 Å². The first-order chi connectivity index (χ1) is 55.7. The highest BCUT2D eigenvalue weighted by atomic mass is 32.2. The number of ketones is 3. The lowest BCUT2D eigenvalue weighted by atomic mass is 9.61. The molecule has 5 fully saturated rings. The zero-order valence-electron chi connectivity index (χ0n) is 64.8. The number of Topliss-reactive ketones (excluding diaryl/α,β-unsaturated/α-hetero) is 3. The SMILES string of the molecule is CC1(C)CCC(S(=O)(=O)[C@H]2CCC3=Cc4c(cnn4-c4ccc(F)cc4)C[C@]3(C(=O)c3ccccn3)C2)CC1.COc1ccc(C(=O)[C@]23Cc4cnn(-c5ccc(F)cc5)c4C=C2CC[C@H](S(=O)(=O)c2ccccn2)C3)nc1.Cc1ccnc(C(=O)[C@]23Cc4cnn(-c5ccc(F)cc5)c4C=C2CC[C@H](S(=O)(=O)C2CCOCC2)C3)c1. The Morgan fingerprint density at radius 1 is 0.448 bits per heavy atom. The van der Waals surface area contributed by atoms with Crippen molar-refractivity contribution in [1.82, 2.24) is 49.3 Å². The molecule has 0 bridgehead atoms. The maximum Gasteiger partial charge on any atom is 0.198 e. The van der Waals surface area contributed by atoms with Crippen LogP contribution < -0.4 is 4.74 Å². The third-order valence-corrected chi connectivity index (χ3v) is 32.9. The number of fused-ring (bicyclic) bond motifs is 6. The Hall–Kier alpha value is -10.5. The number of hydrogen-bond donors (Lipinski definition) is 0. The van der Waals surface area contributed by atoms with Gasteiger partial charge in [-0.05, 0) is 290 Å². The molecule has 600 valence electrons. The summed E-state index contributed by atoms with van der Waals surface area (Å²) in [5.74, 6) is -0.976. The van der Waals surface area contributed by atoms with Crippen molar-refractivity contribution in [3.05, 3.63) is 267 Å². The minimum Gasteiger partial charge on any atom is -0.495 e. The molecule has 4 saturated carbocycles. The Balaban J connectivity index is 0.000000131. The molecular formula is C89H89F3N10O11S3. The molecule has 0 amide bonds. The highest BCUT2D eigenvalue weighted by Gasteiger charge is 2.57. The molecule has 0 radical (unpaired) electrons. The number of pyridine rings is 4. The maximum absolute atomic E-state index is 14.3. The van der Waals surface area contributed by atoms with Crippen LogP contribution in [0.25, 0.3) is 35.3 Å². The van der Waals surface area contributed by atoms with Crippen LogP contribution in [0.2, 0.25) is 0 Å². The summed E-state index contributed by atoms with van der Waals surface area (Å²) in [4.78, 5) is 60.0. The number of rotatable bonds is 16. The number of hydrogen-bond acceptors (Lipinski definition) is 18. The number of methoxy groups -OCH3 is 1. The minimum absolute atomic E-state index is 0.00762. The smallest absolute Gasteiger partial charge is 0.198 e. The van der Waals surface area contributed by atoms with Gasteiger partial charge in [-0.3, -0.25) is 24.4 Å². The molecule has 116 heavy (non-hydrogen) atoms. The van der Waals surface area contributed by atoms with Gasteiger partial charge in [0.2, 0.25) is 0 Å². The van der Waals surface area contributed by atoms with Crippen molar-refractivity contribution in [2.75, 3.05) is 20.3 Å². The molecule has 0 spiro atoms. The second-order valence-electron chi connectivity index (χ2n) is 32.8. The van der Waals surface area contributed by atoms with E-state index in [-0.39, 0.29) is 81.9 Å². The quantitative estimate of drug-likeness (QED) is 0.0813. The van der Waals surface area contributed by atoms with Gasteiger partial charge in [0.25, 0.3) is 0 Å². The first kappa shape index (κ1) is 79.4. The van der Waals surface area contributed by atoms with E-state index in [0.29, 0.717) is 113 Å². The number of carbonyl (C=O) groups is 3. The van der Waals surface area contributed by atoms with E-state index in [1.54, 1.807) is 130 Å². The van der Waals surface area contributed by atoms with Gasteiger partial charge in [0.05, 0.1) is 109 Å². The van der Waals surface area contributed by atoms with Crippen LogP contribution in [-0.4, -0.2) is 138 Å². The number of sulfone groups is 3. The predicted octanol–water partition coefficient (Wildman–Crippen LogP) is 15.5. The fourth-order valence-corrected chi connectivity index (χ4v) is 25.4. The van der Waals surface area contributed by atoms with Crippen LogP contribution in [0.15, 0.2) is 199 Å². The largest absolute Gasteiger partial charge is 0.495 e.